The lowest BCUT2D eigenvalue weighted by atomic mass is 10.1. The van der Waals surface area contributed by atoms with E-state index in [2.05, 4.69) is 36.0 Å². The molecule has 1 aromatic rings. The second kappa shape index (κ2) is 7.24. The minimum atomic E-state index is -0.122. The summed E-state index contributed by atoms with van der Waals surface area (Å²) in [7, 11) is 0. The molecule has 0 aliphatic rings. The molecule has 0 fully saturated rings. The van der Waals surface area contributed by atoms with Crippen LogP contribution in [0.1, 0.15) is 52.9 Å². The summed E-state index contributed by atoms with van der Waals surface area (Å²) in [4.78, 5) is 28.4. The number of aromatic amines is 1. The summed E-state index contributed by atoms with van der Waals surface area (Å²) >= 11 is 0. The zero-order chi connectivity index (χ0) is 15.3. The van der Waals surface area contributed by atoms with E-state index in [1.54, 1.807) is 6.92 Å². The first kappa shape index (κ1) is 16.4. The predicted octanol–water partition coefficient (Wildman–Crippen LogP) is 1.90. The lowest BCUT2D eigenvalue weighted by Crippen LogP contribution is -2.42. The molecular weight excluding hydrogens is 254 g/mol. The van der Waals surface area contributed by atoms with Crippen molar-refractivity contribution < 1.29 is 9.59 Å². The smallest absolute Gasteiger partial charge is 0.253 e. The van der Waals surface area contributed by atoms with Crippen molar-refractivity contribution in [3.05, 3.63) is 22.5 Å². The number of likely N-dealkylation sites (N-methyl/N-ethyl adjacent to an activating group) is 1. The van der Waals surface area contributed by atoms with Crippen LogP contribution in [-0.2, 0) is 0 Å². The maximum Gasteiger partial charge on any atom is 0.253 e. The Labute approximate surface area is 120 Å². The Morgan fingerprint density at radius 1 is 1.35 bits per heavy atom. The Kier molecular flexibility index (Phi) is 5.95. The highest BCUT2D eigenvalue weighted by Crippen LogP contribution is 2.16. The molecule has 0 aliphatic carbocycles. The first-order valence-corrected chi connectivity index (χ1v) is 7.12. The Hall–Kier alpha value is -1.62. The Morgan fingerprint density at radius 3 is 2.40 bits per heavy atom. The predicted molar refractivity (Wildman–Crippen MR) is 80.4 cm³/mol. The molecule has 0 radical (unpaired) electrons. The molecule has 5 heteroatoms. The number of nitrogens with one attached hydrogen (secondary N) is 2. The summed E-state index contributed by atoms with van der Waals surface area (Å²) in [5, 5.41) is 2.95. The van der Waals surface area contributed by atoms with Crippen LogP contribution in [0.2, 0.25) is 0 Å². The molecule has 2 N–H and O–H groups in total. The van der Waals surface area contributed by atoms with E-state index in [-0.39, 0.29) is 5.91 Å². The molecule has 0 aromatic carbocycles. The summed E-state index contributed by atoms with van der Waals surface area (Å²) in [6.07, 6.45) is 0.748. The molecule has 20 heavy (non-hydrogen) atoms. The molecule has 112 valence electrons. The van der Waals surface area contributed by atoms with Gasteiger partial charge in [0.1, 0.15) is 0 Å². The maximum absolute atomic E-state index is 12.3. The maximum atomic E-state index is 12.3. The number of carbonyl (C=O) groups is 2. The number of aldehydes is 1. The van der Waals surface area contributed by atoms with Crippen LogP contribution in [0.4, 0.5) is 0 Å². The zero-order valence-electron chi connectivity index (χ0n) is 13.0. The van der Waals surface area contributed by atoms with E-state index in [9.17, 15) is 9.59 Å². The van der Waals surface area contributed by atoms with Gasteiger partial charge in [-0.15, -0.1) is 0 Å². The van der Waals surface area contributed by atoms with Crippen molar-refractivity contribution in [2.75, 3.05) is 19.6 Å². The van der Waals surface area contributed by atoms with Gasteiger partial charge in [0.2, 0.25) is 0 Å². The molecule has 0 saturated carbocycles. The summed E-state index contributed by atoms with van der Waals surface area (Å²) < 4.78 is 0. The second-order valence-electron chi connectivity index (χ2n) is 5.06. The number of aromatic nitrogens is 1. The minimum absolute atomic E-state index is 0.122. The highest BCUT2D eigenvalue weighted by Gasteiger charge is 2.19. The van der Waals surface area contributed by atoms with E-state index in [0.717, 1.165) is 25.1 Å². The number of carbonyl (C=O) groups excluding carboxylic acids is 2. The van der Waals surface area contributed by atoms with Gasteiger partial charge in [-0.2, -0.15) is 0 Å². The van der Waals surface area contributed by atoms with Gasteiger partial charge in [-0.05, 0) is 39.4 Å². The molecule has 0 saturated heterocycles. The first-order chi connectivity index (χ1) is 9.46. The van der Waals surface area contributed by atoms with Crippen molar-refractivity contribution in [1.82, 2.24) is 15.2 Å². The lowest BCUT2D eigenvalue weighted by Gasteiger charge is -2.26. The summed E-state index contributed by atoms with van der Waals surface area (Å²) in [5.41, 5.74) is 2.51. The second-order valence-corrected chi connectivity index (χ2v) is 5.06. The molecule has 1 heterocycles. The zero-order valence-corrected chi connectivity index (χ0v) is 13.0. The number of H-pyrrole nitrogens is 1. The molecular formula is C15H25N3O2. The molecule has 0 bridgehead atoms. The van der Waals surface area contributed by atoms with Gasteiger partial charge < -0.3 is 10.3 Å². The number of nitrogens with zero attached hydrogens (tertiary/aromatic N) is 1. The number of hydrogen-bond acceptors (Lipinski definition) is 3. The van der Waals surface area contributed by atoms with Crippen LogP contribution in [-0.4, -0.2) is 47.8 Å². The summed E-state index contributed by atoms with van der Waals surface area (Å²) in [6.45, 7) is 12.4. The molecule has 1 atom stereocenters. The van der Waals surface area contributed by atoms with Gasteiger partial charge in [0.05, 0.1) is 11.3 Å². The van der Waals surface area contributed by atoms with Gasteiger partial charge in [0.25, 0.3) is 5.91 Å². The monoisotopic (exact) mass is 279 g/mol. The van der Waals surface area contributed by atoms with Crippen molar-refractivity contribution in [1.29, 1.82) is 0 Å². The number of amides is 1. The van der Waals surface area contributed by atoms with Gasteiger partial charge in [0, 0.05) is 18.3 Å². The molecule has 1 amide bonds. The highest BCUT2D eigenvalue weighted by atomic mass is 16.1. The third-order valence-corrected chi connectivity index (χ3v) is 3.81. The average molecular weight is 279 g/mol. The Bertz CT molecular complexity index is 476. The van der Waals surface area contributed by atoms with Crippen LogP contribution < -0.4 is 5.32 Å². The third-order valence-electron chi connectivity index (χ3n) is 3.81. The average Bonchev–Trinajstić information content (AvgIpc) is 2.72. The SMILES string of the molecule is CCN(CC)C(C)CNC(=O)c1c(C)[nH]c(C=O)c1C. The van der Waals surface area contributed by atoms with Gasteiger partial charge in [-0.25, -0.2) is 0 Å². The van der Waals surface area contributed by atoms with Crippen molar-refractivity contribution in [2.45, 2.75) is 40.7 Å². The number of rotatable bonds is 7. The van der Waals surface area contributed by atoms with Crippen molar-refractivity contribution in [3.63, 3.8) is 0 Å². The number of hydrogen-bond donors (Lipinski definition) is 2. The van der Waals surface area contributed by atoms with Crippen LogP contribution in [0.15, 0.2) is 0 Å². The van der Waals surface area contributed by atoms with E-state index >= 15 is 0 Å². The van der Waals surface area contributed by atoms with Crippen LogP contribution in [0.3, 0.4) is 0 Å². The highest BCUT2D eigenvalue weighted by molar-refractivity contribution is 5.99. The van der Waals surface area contributed by atoms with E-state index in [0.29, 0.717) is 29.4 Å². The molecule has 1 aromatic heterocycles. The molecule has 5 nitrogen and oxygen atoms in total. The Balaban J connectivity index is 2.73. The summed E-state index contributed by atoms with van der Waals surface area (Å²) in [6, 6.07) is 0.291. The minimum Gasteiger partial charge on any atom is -0.356 e. The molecule has 1 rings (SSSR count). The third kappa shape index (κ3) is 3.48. The van der Waals surface area contributed by atoms with Gasteiger partial charge in [-0.1, -0.05) is 13.8 Å². The van der Waals surface area contributed by atoms with Crippen LogP contribution >= 0.6 is 0 Å². The van der Waals surface area contributed by atoms with Crippen molar-refractivity contribution >= 4 is 12.2 Å². The first-order valence-electron chi connectivity index (χ1n) is 7.12. The van der Waals surface area contributed by atoms with Crippen molar-refractivity contribution in [2.24, 2.45) is 0 Å². The van der Waals surface area contributed by atoms with E-state index in [4.69, 9.17) is 0 Å². The number of aryl methyl sites for hydroxylation is 1. The standard InChI is InChI=1S/C15H25N3O2/c1-6-18(7-2)10(3)8-16-15(20)14-11(4)13(9-19)17-12(14)5/h9-10,17H,6-8H2,1-5H3,(H,16,20). The van der Waals surface area contributed by atoms with Gasteiger partial charge in [0.15, 0.2) is 6.29 Å². The molecule has 0 spiro atoms. The van der Waals surface area contributed by atoms with Gasteiger partial charge >= 0.3 is 0 Å². The topological polar surface area (TPSA) is 65.2 Å². The normalized spacial score (nSPS) is 12.5. The fourth-order valence-corrected chi connectivity index (χ4v) is 2.54. The van der Waals surface area contributed by atoms with E-state index < -0.39 is 0 Å². The quantitative estimate of drug-likeness (QED) is 0.749. The van der Waals surface area contributed by atoms with E-state index in [1.807, 2.05) is 6.92 Å². The summed E-state index contributed by atoms with van der Waals surface area (Å²) in [5.74, 6) is -0.122. The molecule has 0 aliphatic heterocycles. The van der Waals surface area contributed by atoms with Crippen LogP contribution in [0.25, 0.3) is 0 Å². The largest absolute Gasteiger partial charge is 0.356 e. The fourth-order valence-electron chi connectivity index (χ4n) is 2.54. The fraction of sp³-hybridized carbons (Fsp3) is 0.600. The van der Waals surface area contributed by atoms with Crippen LogP contribution in [0.5, 0.6) is 0 Å². The van der Waals surface area contributed by atoms with E-state index in [1.165, 1.54) is 0 Å². The van der Waals surface area contributed by atoms with Crippen molar-refractivity contribution in [3.8, 4) is 0 Å². The van der Waals surface area contributed by atoms with Gasteiger partial charge in [-0.3, -0.25) is 14.5 Å². The molecule has 1 unspecified atom stereocenters. The Morgan fingerprint density at radius 2 is 1.95 bits per heavy atom. The lowest BCUT2D eigenvalue weighted by molar-refractivity contribution is 0.0937. The van der Waals surface area contributed by atoms with Crippen LogP contribution in [0, 0.1) is 13.8 Å².